The number of hydrogen-bond acceptors (Lipinski definition) is 7. The molecule has 0 radical (unpaired) electrons. The van der Waals surface area contributed by atoms with Gasteiger partial charge in [-0.05, 0) is 0 Å². The van der Waals surface area contributed by atoms with Gasteiger partial charge in [-0.1, -0.05) is 0 Å². The number of aromatic amines is 1. The van der Waals surface area contributed by atoms with E-state index in [0.29, 0.717) is 17.7 Å². The van der Waals surface area contributed by atoms with Crippen molar-refractivity contribution in [2.24, 2.45) is 0 Å². The van der Waals surface area contributed by atoms with Crippen LogP contribution in [0.2, 0.25) is 35.5 Å². The molecule has 1 aromatic rings. The summed E-state index contributed by atoms with van der Waals surface area (Å²) in [5, 5.41) is 0. The Labute approximate surface area is 297 Å². The summed E-state index contributed by atoms with van der Waals surface area (Å²) in [7, 11) is -5.92. The number of H-pyrrole nitrogens is 1. The van der Waals surface area contributed by atoms with Crippen LogP contribution in [0.3, 0.4) is 0 Å². The molecule has 1 N–H and O–H groups in total. The summed E-state index contributed by atoms with van der Waals surface area (Å²) < 4.78 is 56.5. The number of halogens is 1. The third kappa shape index (κ3) is 8.71. The number of nitrogens with one attached hydrogen (secondary N) is 1. The molecule has 2 saturated heterocycles. The van der Waals surface area contributed by atoms with Gasteiger partial charge in [-0.15, -0.1) is 0 Å². The molecule has 2 aliphatic rings. The zero-order valence-electron chi connectivity index (χ0n) is 32.2. The monoisotopic (exact) mass is 818 g/mol. The van der Waals surface area contributed by atoms with Crippen molar-refractivity contribution in [3.8, 4) is 5.88 Å². The molecule has 2 fully saturated rings. The molecule has 0 spiro atoms. The Hall–Kier alpha value is -0.578. The Balaban J connectivity index is 2.43. The first-order valence-electron chi connectivity index (χ1n) is 19.0. The van der Waals surface area contributed by atoms with Crippen molar-refractivity contribution in [1.29, 1.82) is 0 Å². The van der Waals surface area contributed by atoms with Gasteiger partial charge in [0.15, 0.2) is 0 Å². The molecule has 276 valence electrons. The summed E-state index contributed by atoms with van der Waals surface area (Å²) in [6.07, 6.45) is 5.67. The fraction of sp³-hybridized carbons (Fsp3) is 0.833. The number of hydrogen-bond donors (Lipinski definition) is 1. The molecule has 3 heterocycles. The van der Waals surface area contributed by atoms with E-state index in [2.05, 4.69) is 86.1 Å². The van der Waals surface area contributed by atoms with E-state index >= 15 is 4.39 Å². The van der Waals surface area contributed by atoms with Crippen LogP contribution in [-0.2, 0) is 17.7 Å². The van der Waals surface area contributed by atoms with Crippen LogP contribution in [0.1, 0.15) is 133 Å². The third-order valence-electron chi connectivity index (χ3n) is 10.7. The van der Waals surface area contributed by atoms with Crippen molar-refractivity contribution < 1.29 is 26.8 Å². The fourth-order valence-electron chi connectivity index (χ4n) is 7.93. The van der Waals surface area contributed by atoms with Crippen LogP contribution in [0.4, 0.5) is 4.39 Å². The van der Waals surface area contributed by atoms with E-state index in [1.54, 1.807) is 0 Å². The van der Waals surface area contributed by atoms with Crippen molar-refractivity contribution in [1.82, 2.24) is 9.97 Å². The first kappa shape index (κ1) is 41.8. The summed E-state index contributed by atoms with van der Waals surface area (Å²) in [6.45, 7) is 26.7. The van der Waals surface area contributed by atoms with Crippen LogP contribution in [0.25, 0.3) is 0 Å². The summed E-state index contributed by atoms with van der Waals surface area (Å²) >= 11 is -3.68. The molecule has 0 saturated carbocycles. The molecule has 3 rings (SSSR count). The van der Waals surface area contributed by atoms with E-state index < -0.39 is 59.5 Å². The molecule has 0 aromatic carbocycles. The number of aromatic nitrogens is 2. The minimum atomic E-state index is -3.68. The first-order valence-corrected chi connectivity index (χ1v) is 30.4. The molecule has 0 amide bonds. The number of rotatable bonds is 17. The molecular formula is C36H67FN2O6Si2Sn. The normalized spacial score (nSPS) is 23.9. The quantitative estimate of drug-likeness (QED) is 0.157. The fourth-order valence-corrected chi connectivity index (χ4v) is 34.5. The zero-order valence-corrected chi connectivity index (χ0v) is 37.0. The van der Waals surface area contributed by atoms with Gasteiger partial charge >= 0.3 is 298 Å². The molecule has 48 heavy (non-hydrogen) atoms. The molecule has 3 atom stereocenters. The van der Waals surface area contributed by atoms with Gasteiger partial charge in [-0.2, -0.15) is 0 Å². The van der Waals surface area contributed by atoms with Gasteiger partial charge in [-0.3, -0.25) is 0 Å². The Morgan fingerprint density at radius 3 is 1.90 bits per heavy atom. The van der Waals surface area contributed by atoms with Crippen LogP contribution >= 0.6 is 0 Å². The van der Waals surface area contributed by atoms with Crippen molar-refractivity contribution in [3.05, 3.63) is 31.7 Å². The first-order chi connectivity index (χ1) is 22.7. The molecule has 2 aliphatic heterocycles. The number of nitrogens with zero attached hydrogens (tertiary/aromatic N) is 1. The molecule has 8 nitrogen and oxygen atoms in total. The standard InChI is InChI=1S/C24H40FN2O6Si2.3C4H9.Sn/c1-10-29-23-19(12-26-24(28)27-23)21-18(11-25)22-20(31-21)13-30-34(14(2)3,15(4)5)33-35(32-22,16(6)7)17(8)9;3*1-3-4-2;/h12,14-17,20-22H,10,13H2,1-9H3,(H,26,27,28);3*1,3-4H2,2H3;/t20-,21+,22+;;;;/m1..../s1. The van der Waals surface area contributed by atoms with Gasteiger partial charge in [0.05, 0.1) is 0 Å². The maximum atomic E-state index is 18.4. The second kappa shape index (κ2) is 18.3. The van der Waals surface area contributed by atoms with Crippen LogP contribution in [0.5, 0.6) is 5.88 Å². The van der Waals surface area contributed by atoms with Crippen molar-refractivity contribution >= 4 is 35.5 Å². The predicted molar refractivity (Wildman–Crippen MR) is 200 cm³/mol. The summed E-state index contributed by atoms with van der Waals surface area (Å²) in [5.74, 6) is 0.278. The molecule has 0 unspecified atom stereocenters. The van der Waals surface area contributed by atoms with E-state index in [9.17, 15) is 4.79 Å². The Morgan fingerprint density at radius 1 is 0.917 bits per heavy atom. The minimum absolute atomic E-state index is 0.0815. The average molecular weight is 818 g/mol. The Bertz CT molecular complexity index is 1220. The van der Waals surface area contributed by atoms with E-state index in [4.69, 9.17) is 22.4 Å². The van der Waals surface area contributed by atoms with Crippen molar-refractivity contribution in [2.75, 3.05) is 13.2 Å². The topological polar surface area (TPSA) is 91.9 Å². The van der Waals surface area contributed by atoms with E-state index in [1.165, 1.54) is 6.20 Å². The second-order valence-electron chi connectivity index (χ2n) is 15.3. The zero-order chi connectivity index (χ0) is 35.9. The number of fused-ring (bicyclic) bond motifs is 1. The Kier molecular flexibility index (Phi) is 15.9. The van der Waals surface area contributed by atoms with Crippen molar-refractivity contribution in [3.63, 3.8) is 0 Å². The van der Waals surface area contributed by atoms with Crippen LogP contribution < -0.4 is 10.4 Å². The van der Waals surface area contributed by atoms with Crippen LogP contribution in [0.15, 0.2) is 20.4 Å². The van der Waals surface area contributed by atoms with E-state index in [1.807, 2.05) is 6.92 Å². The van der Waals surface area contributed by atoms with Gasteiger partial charge in [0.25, 0.3) is 0 Å². The molecule has 1 aromatic heterocycles. The summed E-state index contributed by atoms with van der Waals surface area (Å²) in [5.41, 5.74) is 1.16. The predicted octanol–water partition coefficient (Wildman–Crippen LogP) is 10.2. The molecule has 12 heteroatoms. The van der Waals surface area contributed by atoms with Gasteiger partial charge in [0.2, 0.25) is 0 Å². The van der Waals surface area contributed by atoms with Gasteiger partial charge < -0.3 is 0 Å². The third-order valence-corrected chi connectivity index (χ3v) is 35.6. The Morgan fingerprint density at radius 2 is 1.44 bits per heavy atom. The van der Waals surface area contributed by atoms with Gasteiger partial charge in [0.1, 0.15) is 0 Å². The second-order valence-corrected chi connectivity index (χ2v) is 37.0. The van der Waals surface area contributed by atoms with Crippen LogP contribution in [-0.4, -0.2) is 70.9 Å². The molecular weight excluding hydrogens is 750 g/mol. The van der Waals surface area contributed by atoms with E-state index in [-0.39, 0.29) is 38.5 Å². The van der Waals surface area contributed by atoms with Gasteiger partial charge in [-0.25, -0.2) is 0 Å². The maximum absolute atomic E-state index is 18.4. The number of ether oxygens (including phenoxy) is 2. The van der Waals surface area contributed by atoms with Crippen LogP contribution in [0, 0.1) is 0 Å². The van der Waals surface area contributed by atoms with E-state index in [0.717, 1.165) is 51.8 Å². The average Bonchev–Trinajstić information content (AvgIpc) is 3.36. The SMILES string of the molecule is CCC[CH2][Sn]([CH2]CCC)([CH2]CCC)[C](F)=C1[C@@H](c2cnc(=O)[nH]c2OCC)O[C@@H]2CO[Si](C(C)C)(C(C)C)O[Si](C(C)C)(C(C)C)O[C@@H]12. The van der Waals surface area contributed by atoms with Gasteiger partial charge in [0, 0.05) is 0 Å². The molecule has 0 bridgehead atoms. The summed E-state index contributed by atoms with van der Waals surface area (Å²) in [4.78, 5) is 19.3. The van der Waals surface area contributed by atoms with Crippen molar-refractivity contribution in [2.45, 2.75) is 175 Å². The summed E-state index contributed by atoms with van der Waals surface area (Å²) in [6, 6.07) is 0. The molecule has 0 aliphatic carbocycles. The number of unbranched alkanes of at least 4 members (excludes halogenated alkanes) is 3.